The Hall–Kier alpha value is -2.12. The van der Waals surface area contributed by atoms with Crippen LogP contribution >= 0.6 is 0 Å². The molecule has 0 aromatic carbocycles. The van der Waals surface area contributed by atoms with Gasteiger partial charge >= 0.3 is 5.97 Å². The van der Waals surface area contributed by atoms with Crippen LogP contribution in [-0.4, -0.2) is 50.7 Å². The van der Waals surface area contributed by atoms with Crippen LogP contribution in [0.3, 0.4) is 0 Å². The summed E-state index contributed by atoms with van der Waals surface area (Å²) in [6, 6.07) is 0. The van der Waals surface area contributed by atoms with Crippen molar-refractivity contribution in [2.45, 2.75) is 51.0 Å². The monoisotopic (exact) mass is 404 g/mol. The molecule has 3 N–H and O–H groups in total. The van der Waals surface area contributed by atoms with Gasteiger partial charge in [-0.15, -0.1) is 0 Å². The molecule has 4 rings (SSSR count). The molecule has 0 heterocycles. The molecule has 6 nitrogen and oxygen atoms in total. The van der Waals surface area contributed by atoms with Crippen molar-refractivity contribution in [2.75, 3.05) is 0 Å². The summed E-state index contributed by atoms with van der Waals surface area (Å²) in [7, 11) is 0. The van der Waals surface area contributed by atoms with Crippen LogP contribution in [0.1, 0.15) is 33.1 Å². The number of ketones is 2. The first-order valence-electron chi connectivity index (χ1n) is 9.83. The summed E-state index contributed by atoms with van der Waals surface area (Å²) in [6.45, 7) is 7.19. The number of carbonyl (C=O) groups is 3. The van der Waals surface area contributed by atoms with Crippen molar-refractivity contribution in [3.8, 4) is 0 Å². The standard InChI is InChI=1S/C22H25FO6/c1-10-6-13-12-8-15(23)14-7-11(24)4-5-20(14,2)17(12)16(25)9-21(13,3)22(10,29)18(26)19(27)28/h4-5,7,12-13,15-17,25,29H,1,6,8-9H2,2-3H3,(H,27,28)/t12-,13-,15-,16-,17+,20-,21-,22-/m0/s1. The number of alkyl halides is 1. The normalized spacial score (nSPS) is 48.4. The van der Waals surface area contributed by atoms with Gasteiger partial charge in [-0.25, -0.2) is 9.18 Å². The summed E-state index contributed by atoms with van der Waals surface area (Å²) >= 11 is 0. The van der Waals surface area contributed by atoms with Crippen LogP contribution in [0.2, 0.25) is 0 Å². The third-order valence-corrected chi connectivity index (χ3v) is 8.19. The first-order chi connectivity index (χ1) is 13.4. The SMILES string of the molecule is C=C1C[C@H]2[C@@H]3C[C@H](F)C4=CC(=O)C=C[C@]4(C)[C@H]3[C@@H](O)C[C@]2(C)[C@@]1(O)C(=O)C(=O)O. The Bertz CT molecular complexity index is 905. The third kappa shape index (κ3) is 2.31. The maximum absolute atomic E-state index is 15.2. The zero-order valence-corrected chi connectivity index (χ0v) is 16.4. The molecule has 0 amide bonds. The highest BCUT2D eigenvalue weighted by atomic mass is 19.1. The van der Waals surface area contributed by atoms with Gasteiger partial charge in [-0.3, -0.25) is 9.59 Å². The summed E-state index contributed by atoms with van der Waals surface area (Å²) in [4.78, 5) is 35.7. The van der Waals surface area contributed by atoms with E-state index in [1.165, 1.54) is 12.2 Å². The van der Waals surface area contributed by atoms with Crippen molar-refractivity contribution in [1.29, 1.82) is 0 Å². The molecule has 0 bridgehead atoms. The largest absolute Gasteiger partial charge is 0.475 e. The minimum Gasteiger partial charge on any atom is -0.475 e. The van der Waals surface area contributed by atoms with Gasteiger partial charge in [0.05, 0.1) is 6.10 Å². The molecule has 4 aliphatic rings. The van der Waals surface area contributed by atoms with Gasteiger partial charge in [0.25, 0.3) is 5.78 Å². The number of aliphatic hydroxyl groups is 2. The number of aliphatic hydroxyl groups excluding tert-OH is 1. The third-order valence-electron chi connectivity index (χ3n) is 8.19. The fraction of sp³-hybridized carbons (Fsp3) is 0.591. The molecule has 0 saturated heterocycles. The van der Waals surface area contributed by atoms with Gasteiger partial charge in [0.1, 0.15) is 6.17 Å². The molecule has 0 aromatic rings. The second kappa shape index (κ2) is 5.95. The molecule has 8 atom stereocenters. The number of fused-ring (bicyclic) bond motifs is 5. The van der Waals surface area contributed by atoms with Crippen molar-refractivity contribution in [2.24, 2.45) is 28.6 Å². The molecule has 0 unspecified atom stereocenters. The van der Waals surface area contributed by atoms with Gasteiger partial charge in [0, 0.05) is 16.7 Å². The first-order valence-corrected chi connectivity index (χ1v) is 9.83. The van der Waals surface area contributed by atoms with Crippen LogP contribution in [0.4, 0.5) is 4.39 Å². The van der Waals surface area contributed by atoms with E-state index in [1.54, 1.807) is 19.9 Å². The molecule has 29 heavy (non-hydrogen) atoms. The fourth-order valence-corrected chi connectivity index (χ4v) is 6.87. The molecule has 0 aromatic heterocycles. The van der Waals surface area contributed by atoms with Gasteiger partial charge in [0.15, 0.2) is 11.4 Å². The van der Waals surface area contributed by atoms with Crippen LogP contribution < -0.4 is 0 Å². The Labute approximate surface area is 167 Å². The Morgan fingerprint density at radius 3 is 2.59 bits per heavy atom. The number of aliphatic carboxylic acids is 1. The van der Waals surface area contributed by atoms with E-state index in [9.17, 15) is 29.7 Å². The summed E-state index contributed by atoms with van der Waals surface area (Å²) in [5.74, 6) is -4.65. The van der Waals surface area contributed by atoms with Crippen LogP contribution in [0.25, 0.3) is 0 Å². The molecule has 3 fully saturated rings. The van der Waals surface area contributed by atoms with E-state index in [0.29, 0.717) is 5.57 Å². The van der Waals surface area contributed by atoms with Crippen LogP contribution in [0, 0.1) is 28.6 Å². The highest BCUT2D eigenvalue weighted by molar-refractivity contribution is 6.37. The molecule has 0 aliphatic heterocycles. The molecule has 0 radical (unpaired) electrons. The van der Waals surface area contributed by atoms with Crippen molar-refractivity contribution in [1.82, 2.24) is 0 Å². The van der Waals surface area contributed by atoms with Crippen molar-refractivity contribution < 1.29 is 34.1 Å². The summed E-state index contributed by atoms with van der Waals surface area (Å²) in [6.07, 6.45) is 2.13. The topological polar surface area (TPSA) is 112 Å². The summed E-state index contributed by atoms with van der Waals surface area (Å²) < 4.78 is 15.2. The van der Waals surface area contributed by atoms with E-state index in [1.807, 2.05) is 0 Å². The number of carboxylic acid groups (broad SMARTS) is 1. The van der Waals surface area contributed by atoms with Crippen LogP contribution in [0.5, 0.6) is 0 Å². The quantitative estimate of drug-likeness (QED) is 0.478. The van der Waals surface area contributed by atoms with E-state index in [4.69, 9.17) is 0 Å². The predicted molar refractivity (Wildman–Crippen MR) is 100 cm³/mol. The van der Waals surface area contributed by atoms with E-state index in [2.05, 4.69) is 6.58 Å². The second-order valence-corrected chi connectivity index (χ2v) is 9.46. The van der Waals surface area contributed by atoms with Gasteiger partial charge < -0.3 is 15.3 Å². The summed E-state index contributed by atoms with van der Waals surface area (Å²) in [5, 5.41) is 31.7. The van der Waals surface area contributed by atoms with Gasteiger partial charge in [-0.1, -0.05) is 26.5 Å². The maximum Gasteiger partial charge on any atom is 0.375 e. The number of Topliss-reactive ketones (excluding diaryl/α,β-unsaturated/α-hetero) is 1. The number of rotatable bonds is 2. The number of hydrogen-bond acceptors (Lipinski definition) is 5. The number of hydrogen-bond donors (Lipinski definition) is 3. The van der Waals surface area contributed by atoms with Gasteiger partial charge in [-0.2, -0.15) is 0 Å². The average Bonchev–Trinajstić information content (AvgIpc) is 2.83. The lowest BCUT2D eigenvalue weighted by Gasteiger charge is -2.59. The van der Waals surface area contributed by atoms with Crippen LogP contribution in [-0.2, 0) is 14.4 Å². The molecule has 4 aliphatic carbocycles. The molecular weight excluding hydrogens is 379 g/mol. The van der Waals surface area contributed by atoms with Gasteiger partial charge in [0.2, 0.25) is 0 Å². The zero-order valence-electron chi connectivity index (χ0n) is 16.4. The maximum atomic E-state index is 15.2. The van der Waals surface area contributed by atoms with E-state index < -0.39 is 58.2 Å². The van der Waals surface area contributed by atoms with Gasteiger partial charge in [-0.05, 0) is 54.4 Å². The van der Waals surface area contributed by atoms with Crippen LogP contribution in [0.15, 0.2) is 36.0 Å². The number of carbonyl (C=O) groups excluding carboxylic acids is 2. The summed E-state index contributed by atoms with van der Waals surface area (Å²) in [5.41, 5.74) is -4.00. The Kier molecular flexibility index (Phi) is 4.14. The van der Waals surface area contributed by atoms with E-state index in [0.717, 1.165) is 0 Å². The highest BCUT2D eigenvalue weighted by Gasteiger charge is 2.71. The lowest BCUT2D eigenvalue weighted by Crippen LogP contribution is -2.63. The van der Waals surface area contributed by atoms with E-state index in [-0.39, 0.29) is 30.6 Å². The number of carboxylic acids is 1. The highest BCUT2D eigenvalue weighted by Crippen LogP contribution is 2.68. The Balaban J connectivity index is 1.83. The molecule has 0 spiro atoms. The smallest absolute Gasteiger partial charge is 0.375 e. The first kappa shape index (κ1) is 20.2. The molecule has 156 valence electrons. The fourth-order valence-electron chi connectivity index (χ4n) is 6.87. The van der Waals surface area contributed by atoms with E-state index >= 15 is 4.39 Å². The predicted octanol–water partition coefficient (Wildman–Crippen LogP) is 1.76. The molecule has 3 saturated carbocycles. The van der Waals surface area contributed by atoms with Crippen molar-refractivity contribution in [3.63, 3.8) is 0 Å². The number of halogens is 1. The number of allylic oxidation sites excluding steroid dienone is 4. The minimum atomic E-state index is -2.31. The van der Waals surface area contributed by atoms with Crippen molar-refractivity contribution >= 4 is 17.5 Å². The lowest BCUT2D eigenvalue weighted by molar-refractivity contribution is -0.180. The Morgan fingerprint density at radius 1 is 1.31 bits per heavy atom. The second-order valence-electron chi connectivity index (χ2n) is 9.46. The lowest BCUT2D eigenvalue weighted by atomic mass is 9.46. The Morgan fingerprint density at radius 2 is 1.97 bits per heavy atom. The molecular formula is C22H25FO6. The van der Waals surface area contributed by atoms with Crippen molar-refractivity contribution in [3.05, 3.63) is 36.0 Å². The average molecular weight is 404 g/mol. The minimum absolute atomic E-state index is 0.0189. The zero-order chi connectivity index (χ0) is 21.5. The molecule has 7 heteroatoms.